The molecule has 6 nitrogen and oxygen atoms in total. The van der Waals surface area contributed by atoms with E-state index in [-0.39, 0.29) is 29.8 Å². The molecule has 1 aliphatic rings. The van der Waals surface area contributed by atoms with Crippen molar-refractivity contribution in [2.75, 3.05) is 18.1 Å². The highest BCUT2D eigenvalue weighted by molar-refractivity contribution is 7.91. The molecule has 0 aromatic carbocycles. The van der Waals surface area contributed by atoms with Gasteiger partial charge in [0.1, 0.15) is 5.69 Å². The highest BCUT2D eigenvalue weighted by atomic mass is 32.2. The predicted octanol–water partition coefficient (Wildman–Crippen LogP) is -0.268. The highest BCUT2D eigenvalue weighted by Crippen LogP contribution is 2.12. The average molecular weight is 308 g/mol. The molecular formula is C14H16N2O4S. The maximum atomic E-state index is 12.2. The summed E-state index contributed by atoms with van der Waals surface area (Å²) in [5.74, 6) is 5.17. The Morgan fingerprint density at radius 2 is 2.33 bits per heavy atom. The van der Waals surface area contributed by atoms with Gasteiger partial charge in [0.2, 0.25) is 0 Å². The molecule has 1 aromatic heterocycles. The van der Waals surface area contributed by atoms with Gasteiger partial charge in [-0.05, 0) is 18.6 Å². The van der Waals surface area contributed by atoms with E-state index in [1.165, 1.54) is 6.20 Å². The van der Waals surface area contributed by atoms with E-state index < -0.39 is 15.7 Å². The number of carbonyl (C=O) groups is 1. The third-order valence-corrected chi connectivity index (χ3v) is 4.82. The number of rotatable bonds is 3. The number of nitrogens with zero attached hydrogens (tertiary/aromatic N) is 1. The number of sulfone groups is 1. The van der Waals surface area contributed by atoms with Gasteiger partial charge in [0.25, 0.3) is 5.91 Å². The smallest absolute Gasteiger partial charge is 0.271 e. The number of aliphatic hydroxyl groups excluding tert-OH is 1. The summed E-state index contributed by atoms with van der Waals surface area (Å²) >= 11 is 0. The number of carbonyl (C=O) groups excluding carboxylic acids is 1. The molecule has 1 atom stereocenters. The van der Waals surface area contributed by atoms with Crippen LogP contribution in [-0.2, 0) is 9.84 Å². The van der Waals surface area contributed by atoms with Gasteiger partial charge in [0.05, 0.1) is 23.7 Å². The van der Waals surface area contributed by atoms with E-state index in [1.807, 2.05) is 0 Å². The summed E-state index contributed by atoms with van der Waals surface area (Å²) in [5, 5.41) is 11.4. The van der Waals surface area contributed by atoms with Gasteiger partial charge in [-0.2, -0.15) is 0 Å². The Morgan fingerprint density at radius 3 is 3.00 bits per heavy atom. The molecule has 0 aliphatic carbocycles. The van der Waals surface area contributed by atoms with E-state index in [0.717, 1.165) is 0 Å². The van der Waals surface area contributed by atoms with E-state index in [4.69, 9.17) is 5.11 Å². The van der Waals surface area contributed by atoms with E-state index >= 15 is 0 Å². The lowest BCUT2D eigenvalue weighted by molar-refractivity contribution is 0.0936. The lowest BCUT2D eigenvalue weighted by Gasteiger charge is -2.11. The Balaban J connectivity index is 2.11. The van der Waals surface area contributed by atoms with E-state index in [0.29, 0.717) is 18.4 Å². The first-order valence-corrected chi connectivity index (χ1v) is 8.40. The summed E-state index contributed by atoms with van der Waals surface area (Å²) in [5.41, 5.74) is 0.636. The standard InChI is InChI=1S/C14H16N2O4S/c17-8-2-1-4-11-5-3-7-15-13(11)14(18)16-12-6-9-21(19,20)10-12/h3,5,7,12,17H,2,6,8-10H2,(H,16,18). The summed E-state index contributed by atoms with van der Waals surface area (Å²) in [6.45, 7) is -0.0469. The quantitative estimate of drug-likeness (QED) is 0.750. The number of nitrogens with one attached hydrogen (secondary N) is 1. The van der Waals surface area contributed by atoms with Crippen molar-refractivity contribution in [1.29, 1.82) is 0 Å². The van der Waals surface area contributed by atoms with Gasteiger partial charge < -0.3 is 10.4 Å². The molecule has 1 fully saturated rings. The summed E-state index contributed by atoms with van der Waals surface area (Å²) in [6, 6.07) is 2.96. The fraction of sp³-hybridized carbons (Fsp3) is 0.429. The van der Waals surface area contributed by atoms with Crippen molar-refractivity contribution in [1.82, 2.24) is 10.3 Å². The van der Waals surface area contributed by atoms with Gasteiger partial charge >= 0.3 is 0 Å². The third kappa shape index (κ3) is 4.28. The van der Waals surface area contributed by atoms with Crippen LogP contribution in [0.3, 0.4) is 0 Å². The molecule has 0 spiro atoms. The highest BCUT2D eigenvalue weighted by Gasteiger charge is 2.29. The van der Waals surface area contributed by atoms with Gasteiger partial charge in [0, 0.05) is 18.7 Å². The van der Waals surface area contributed by atoms with Crippen LogP contribution in [0.5, 0.6) is 0 Å². The topological polar surface area (TPSA) is 96.4 Å². The maximum Gasteiger partial charge on any atom is 0.271 e. The predicted molar refractivity (Wildman–Crippen MR) is 77.3 cm³/mol. The van der Waals surface area contributed by atoms with Crippen LogP contribution in [0.2, 0.25) is 0 Å². The molecule has 1 aliphatic heterocycles. The summed E-state index contributed by atoms with van der Waals surface area (Å²) in [7, 11) is -3.04. The lowest BCUT2D eigenvalue weighted by Crippen LogP contribution is -2.36. The molecule has 7 heteroatoms. The molecule has 21 heavy (non-hydrogen) atoms. The number of aliphatic hydroxyl groups is 1. The molecule has 1 aromatic rings. The number of hydrogen-bond donors (Lipinski definition) is 2. The second-order valence-electron chi connectivity index (χ2n) is 4.75. The fourth-order valence-electron chi connectivity index (χ4n) is 2.06. The number of hydrogen-bond acceptors (Lipinski definition) is 5. The van der Waals surface area contributed by atoms with Gasteiger partial charge in [0.15, 0.2) is 9.84 Å². The zero-order valence-electron chi connectivity index (χ0n) is 11.4. The first-order chi connectivity index (χ1) is 10.0. The van der Waals surface area contributed by atoms with E-state index in [9.17, 15) is 13.2 Å². The summed E-state index contributed by atoms with van der Waals surface area (Å²) in [6.07, 6.45) is 2.22. The minimum absolute atomic E-state index is 0.0307. The van der Waals surface area contributed by atoms with Crippen LogP contribution in [0.1, 0.15) is 28.9 Å². The molecule has 2 rings (SSSR count). The Morgan fingerprint density at radius 1 is 1.52 bits per heavy atom. The minimum atomic E-state index is -3.04. The van der Waals surface area contributed by atoms with Crippen LogP contribution in [-0.4, -0.2) is 48.6 Å². The third-order valence-electron chi connectivity index (χ3n) is 3.05. The van der Waals surface area contributed by atoms with Crippen molar-refractivity contribution in [3.63, 3.8) is 0 Å². The van der Waals surface area contributed by atoms with Crippen molar-refractivity contribution in [2.45, 2.75) is 18.9 Å². The van der Waals surface area contributed by atoms with Crippen LogP contribution >= 0.6 is 0 Å². The first kappa shape index (κ1) is 15.5. The van der Waals surface area contributed by atoms with Crippen molar-refractivity contribution >= 4 is 15.7 Å². The molecule has 1 unspecified atom stereocenters. The van der Waals surface area contributed by atoms with Crippen molar-refractivity contribution in [2.24, 2.45) is 0 Å². The minimum Gasteiger partial charge on any atom is -0.395 e. The Labute approximate surface area is 123 Å². The Hall–Kier alpha value is -1.91. The monoisotopic (exact) mass is 308 g/mol. The molecule has 2 heterocycles. The first-order valence-electron chi connectivity index (χ1n) is 6.58. The van der Waals surface area contributed by atoms with Gasteiger partial charge in [-0.15, -0.1) is 0 Å². The number of pyridine rings is 1. The van der Waals surface area contributed by atoms with E-state index in [2.05, 4.69) is 22.1 Å². The summed E-state index contributed by atoms with van der Waals surface area (Å²) in [4.78, 5) is 16.2. The van der Waals surface area contributed by atoms with Crippen LogP contribution < -0.4 is 5.32 Å². The molecule has 0 bridgehead atoms. The summed E-state index contributed by atoms with van der Waals surface area (Å²) < 4.78 is 22.8. The average Bonchev–Trinajstić information content (AvgIpc) is 2.78. The lowest BCUT2D eigenvalue weighted by atomic mass is 10.1. The normalized spacial score (nSPS) is 19.6. The fourth-order valence-corrected chi connectivity index (χ4v) is 3.74. The van der Waals surface area contributed by atoms with Crippen LogP contribution in [0, 0.1) is 11.8 Å². The molecule has 112 valence electrons. The number of aromatic nitrogens is 1. The van der Waals surface area contributed by atoms with Gasteiger partial charge in [-0.1, -0.05) is 11.8 Å². The van der Waals surface area contributed by atoms with E-state index in [1.54, 1.807) is 12.1 Å². The van der Waals surface area contributed by atoms with Crippen LogP contribution in [0.4, 0.5) is 0 Å². The molecule has 0 radical (unpaired) electrons. The largest absolute Gasteiger partial charge is 0.395 e. The Kier molecular flexibility index (Phi) is 4.94. The maximum absolute atomic E-state index is 12.2. The molecule has 1 amide bonds. The zero-order valence-corrected chi connectivity index (χ0v) is 12.2. The zero-order chi connectivity index (χ0) is 15.3. The molecule has 2 N–H and O–H groups in total. The van der Waals surface area contributed by atoms with Crippen LogP contribution in [0.15, 0.2) is 18.3 Å². The second-order valence-corrected chi connectivity index (χ2v) is 6.98. The number of amides is 1. The SMILES string of the molecule is O=C(NC1CCS(=O)(=O)C1)c1ncccc1C#CCCO. The van der Waals surface area contributed by atoms with Gasteiger partial charge in [-0.3, -0.25) is 4.79 Å². The molecular weight excluding hydrogens is 292 g/mol. The molecule has 1 saturated heterocycles. The van der Waals surface area contributed by atoms with Crippen LogP contribution in [0.25, 0.3) is 0 Å². The van der Waals surface area contributed by atoms with Gasteiger partial charge in [-0.25, -0.2) is 13.4 Å². The Bertz CT molecular complexity index is 688. The van der Waals surface area contributed by atoms with Crippen molar-refractivity contribution in [3.8, 4) is 11.8 Å². The van der Waals surface area contributed by atoms with Crippen molar-refractivity contribution < 1.29 is 18.3 Å². The van der Waals surface area contributed by atoms with Crippen molar-refractivity contribution in [3.05, 3.63) is 29.6 Å². The molecule has 0 saturated carbocycles. The second kappa shape index (κ2) is 6.70.